The molecule has 0 fully saturated rings. The molecule has 0 spiro atoms. The lowest BCUT2D eigenvalue weighted by Crippen LogP contribution is -2.34. The van der Waals surface area contributed by atoms with Crippen molar-refractivity contribution in [2.24, 2.45) is 0 Å². The first-order chi connectivity index (χ1) is 8.19. The Morgan fingerprint density at radius 1 is 1.39 bits per heavy atom. The third-order valence-corrected chi connectivity index (χ3v) is 3.19. The molecular formula is C14H20BrNO2. The van der Waals surface area contributed by atoms with E-state index in [1.807, 2.05) is 45.9 Å². The standard InChI is InChI=1S/C14H20BrNO2/c1-9-8-11(6-7-12(9)15)16-10(2)13(17)18-14(3,4)5/h6-8,10,16H,1-5H3. The molecule has 1 unspecified atom stereocenters. The summed E-state index contributed by atoms with van der Waals surface area (Å²) in [5.74, 6) is -0.247. The third-order valence-electron chi connectivity index (χ3n) is 2.30. The highest BCUT2D eigenvalue weighted by Crippen LogP contribution is 2.21. The quantitative estimate of drug-likeness (QED) is 0.860. The van der Waals surface area contributed by atoms with Gasteiger partial charge in [-0.2, -0.15) is 0 Å². The Morgan fingerprint density at radius 3 is 2.50 bits per heavy atom. The Balaban J connectivity index is 2.66. The molecule has 4 heteroatoms. The maximum atomic E-state index is 11.8. The van der Waals surface area contributed by atoms with Crippen LogP contribution in [0, 0.1) is 6.92 Å². The fraction of sp³-hybridized carbons (Fsp3) is 0.500. The zero-order valence-corrected chi connectivity index (χ0v) is 13.1. The second kappa shape index (κ2) is 5.74. The minimum Gasteiger partial charge on any atom is -0.458 e. The molecule has 0 saturated heterocycles. The number of nitrogens with one attached hydrogen (secondary N) is 1. The second-order valence-electron chi connectivity index (χ2n) is 5.36. The number of benzene rings is 1. The first kappa shape index (κ1) is 15.0. The Bertz CT molecular complexity index is 438. The Hall–Kier alpha value is -1.03. The highest BCUT2D eigenvalue weighted by Gasteiger charge is 2.21. The molecule has 0 bridgehead atoms. The molecule has 1 aromatic rings. The van der Waals surface area contributed by atoms with E-state index in [1.165, 1.54) is 0 Å². The van der Waals surface area contributed by atoms with Crippen LogP contribution in [-0.4, -0.2) is 17.6 Å². The van der Waals surface area contributed by atoms with E-state index in [9.17, 15) is 4.79 Å². The average Bonchev–Trinajstić information content (AvgIpc) is 2.21. The van der Waals surface area contributed by atoms with Crippen molar-refractivity contribution in [1.29, 1.82) is 0 Å². The average molecular weight is 314 g/mol. The van der Waals surface area contributed by atoms with E-state index < -0.39 is 5.60 Å². The van der Waals surface area contributed by atoms with Crippen molar-refractivity contribution in [3.63, 3.8) is 0 Å². The summed E-state index contributed by atoms with van der Waals surface area (Å²) in [4.78, 5) is 11.8. The van der Waals surface area contributed by atoms with Crippen molar-refractivity contribution < 1.29 is 9.53 Å². The zero-order chi connectivity index (χ0) is 13.9. The van der Waals surface area contributed by atoms with Crippen LogP contribution in [0.5, 0.6) is 0 Å². The molecule has 0 amide bonds. The first-order valence-corrected chi connectivity index (χ1v) is 6.74. The second-order valence-corrected chi connectivity index (χ2v) is 6.22. The number of carbonyl (C=O) groups is 1. The van der Waals surface area contributed by atoms with Crippen LogP contribution in [0.15, 0.2) is 22.7 Å². The molecule has 1 N–H and O–H groups in total. The summed E-state index contributed by atoms with van der Waals surface area (Å²) in [6.07, 6.45) is 0. The zero-order valence-electron chi connectivity index (χ0n) is 11.5. The van der Waals surface area contributed by atoms with Gasteiger partial charge in [0.05, 0.1) is 0 Å². The van der Waals surface area contributed by atoms with Crippen molar-refractivity contribution in [1.82, 2.24) is 0 Å². The minimum absolute atomic E-state index is 0.247. The summed E-state index contributed by atoms with van der Waals surface area (Å²) in [7, 11) is 0. The van der Waals surface area contributed by atoms with Gasteiger partial charge in [-0.25, -0.2) is 4.79 Å². The van der Waals surface area contributed by atoms with Gasteiger partial charge < -0.3 is 10.1 Å². The number of anilines is 1. The van der Waals surface area contributed by atoms with Gasteiger partial charge in [0.1, 0.15) is 11.6 Å². The fourth-order valence-corrected chi connectivity index (χ4v) is 1.68. The maximum Gasteiger partial charge on any atom is 0.328 e. The molecule has 0 aliphatic carbocycles. The summed E-state index contributed by atoms with van der Waals surface area (Å²) in [5.41, 5.74) is 1.58. The van der Waals surface area contributed by atoms with Gasteiger partial charge >= 0.3 is 5.97 Å². The molecule has 0 radical (unpaired) electrons. The van der Waals surface area contributed by atoms with Crippen LogP contribution in [0.4, 0.5) is 5.69 Å². The van der Waals surface area contributed by atoms with E-state index in [0.717, 1.165) is 15.7 Å². The molecule has 100 valence electrons. The molecule has 18 heavy (non-hydrogen) atoms. The predicted octanol–water partition coefficient (Wildman–Crippen LogP) is 3.90. The number of aryl methyl sites for hydroxylation is 1. The molecule has 1 rings (SSSR count). The number of carbonyl (C=O) groups excluding carboxylic acids is 1. The third kappa shape index (κ3) is 4.69. The van der Waals surface area contributed by atoms with Crippen molar-refractivity contribution in [2.45, 2.75) is 46.3 Å². The van der Waals surface area contributed by atoms with E-state index >= 15 is 0 Å². The van der Waals surface area contributed by atoms with Crippen molar-refractivity contribution in [3.05, 3.63) is 28.2 Å². The van der Waals surface area contributed by atoms with E-state index in [2.05, 4.69) is 21.2 Å². The van der Waals surface area contributed by atoms with Gasteiger partial charge in [-0.05, 0) is 58.4 Å². The van der Waals surface area contributed by atoms with Crippen LogP contribution >= 0.6 is 15.9 Å². The lowest BCUT2D eigenvalue weighted by Gasteiger charge is -2.23. The summed E-state index contributed by atoms with van der Waals surface area (Å²) >= 11 is 3.44. The van der Waals surface area contributed by atoms with Crippen LogP contribution in [0.1, 0.15) is 33.3 Å². The Labute approximate surface area is 117 Å². The molecule has 0 aliphatic rings. The monoisotopic (exact) mass is 313 g/mol. The normalized spacial score (nSPS) is 13.0. The van der Waals surface area contributed by atoms with Gasteiger partial charge in [-0.15, -0.1) is 0 Å². The number of hydrogen-bond donors (Lipinski definition) is 1. The van der Waals surface area contributed by atoms with Gasteiger partial charge in [0.15, 0.2) is 0 Å². The van der Waals surface area contributed by atoms with Gasteiger partial charge in [-0.1, -0.05) is 15.9 Å². The van der Waals surface area contributed by atoms with E-state index in [1.54, 1.807) is 6.92 Å². The van der Waals surface area contributed by atoms with Gasteiger partial charge in [-0.3, -0.25) is 0 Å². The number of ether oxygens (including phenoxy) is 1. The molecular weight excluding hydrogens is 294 g/mol. The van der Waals surface area contributed by atoms with E-state index in [4.69, 9.17) is 4.74 Å². The van der Waals surface area contributed by atoms with Crippen molar-refractivity contribution in [2.75, 3.05) is 5.32 Å². The number of halogens is 1. The van der Waals surface area contributed by atoms with Crippen LogP contribution in [-0.2, 0) is 9.53 Å². The molecule has 1 aromatic carbocycles. The Kier molecular flexibility index (Phi) is 4.79. The highest BCUT2D eigenvalue weighted by molar-refractivity contribution is 9.10. The van der Waals surface area contributed by atoms with Gasteiger partial charge in [0, 0.05) is 10.2 Å². The highest BCUT2D eigenvalue weighted by atomic mass is 79.9. The van der Waals surface area contributed by atoms with E-state index in [-0.39, 0.29) is 12.0 Å². The number of rotatable bonds is 3. The number of esters is 1. The van der Waals surface area contributed by atoms with E-state index in [0.29, 0.717) is 0 Å². The van der Waals surface area contributed by atoms with Gasteiger partial charge in [0.2, 0.25) is 0 Å². The smallest absolute Gasteiger partial charge is 0.328 e. The minimum atomic E-state index is -0.456. The lowest BCUT2D eigenvalue weighted by molar-refractivity contribution is -0.155. The summed E-state index contributed by atoms with van der Waals surface area (Å²) in [6, 6.07) is 5.51. The maximum absolute atomic E-state index is 11.8. The molecule has 1 atom stereocenters. The molecule has 3 nitrogen and oxygen atoms in total. The molecule has 0 aromatic heterocycles. The van der Waals surface area contributed by atoms with Crippen LogP contribution in [0.3, 0.4) is 0 Å². The SMILES string of the molecule is Cc1cc(NC(C)C(=O)OC(C)(C)C)ccc1Br. The Morgan fingerprint density at radius 2 is 2.00 bits per heavy atom. The van der Waals surface area contributed by atoms with Gasteiger partial charge in [0.25, 0.3) is 0 Å². The summed E-state index contributed by atoms with van der Waals surface area (Å²) < 4.78 is 6.37. The van der Waals surface area contributed by atoms with Crippen molar-refractivity contribution >= 4 is 27.6 Å². The fourth-order valence-electron chi connectivity index (χ4n) is 1.43. The lowest BCUT2D eigenvalue weighted by atomic mass is 10.2. The van der Waals surface area contributed by atoms with Crippen LogP contribution in [0.2, 0.25) is 0 Å². The molecule has 0 saturated carbocycles. The largest absolute Gasteiger partial charge is 0.458 e. The summed E-state index contributed by atoms with van der Waals surface area (Å²) in [6.45, 7) is 9.39. The van der Waals surface area contributed by atoms with Crippen molar-refractivity contribution in [3.8, 4) is 0 Å². The predicted molar refractivity (Wildman–Crippen MR) is 77.8 cm³/mol. The molecule has 0 heterocycles. The van der Waals surface area contributed by atoms with Crippen LogP contribution in [0.25, 0.3) is 0 Å². The first-order valence-electron chi connectivity index (χ1n) is 5.94. The topological polar surface area (TPSA) is 38.3 Å². The molecule has 0 aliphatic heterocycles. The van der Waals surface area contributed by atoms with Crippen LogP contribution < -0.4 is 5.32 Å². The number of hydrogen-bond acceptors (Lipinski definition) is 3. The summed E-state index contributed by atoms with van der Waals surface area (Å²) in [5, 5.41) is 3.14.